The second-order valence-corrected chi connectivity index (χ2v) is 7.69. The Bertz CT molecular complexity index is 601. The van der Waals surface area contributed by atoms with Crippen molar-refractivity contribution in [3.05, 3.63) is 23.8 Å². The van der Waals surface area contributed by atoms with E-state index in [2.05, 4.69) is 4.90 Å². The van der Waals surface area contributed by atoms with Crippen molar-refractivity contribution in [1.29, 1.82) is 0 Å². The number of likely N-dealkylation sites (N-methyl/N-ethyl adjacent to an activating group) is 1. The van der Waals surface area contributed by atoms with Gasteiger partial charge in [-0.2, -0.15) is 4.31 Å². The molecule has 0 aromatic heterocycles. The fourth-order valence-corrected chi connectivity index (χ4v) is 4.73. The minimum atomic E-state index is -3.54. The Morgan fingerprint density at radius 1 is 1.33 bits per heavy atom. The lowest BCUT2D eigenvalue weighted by Crippen LogP contribution is -2.43. The first kappa shape index (κ1) is 16.3. The number of nitrogen functional groups attached to an aromatic ring is 1. The predicted molar refractivity (Wildman–Crippen MR) is 85.7 cm³/mol. The van der Waals surface area contributed by atoms with Crippen molar-refractivity contribution in [2.24, 2.45) is 0 Å². The Hall–Kier alpha value is -1.11. The van der Waals surface area contributed by atoms with E-state index in [9.17, 15) is 8.42 Å². The number of rotatable bonds is 3. The lowest BCUT2D eigenvalue weighted by Gasteiger charge is -2.29. The summed E-state index contributed by atoms with van der Waals surface area (Å²) in [6.07, 6.45) is 1.65. The SMILES string of the molecule is CCC1CN(C)CCCN1S(=O)(=O)c1ccc(C)cc1N. The summed E-state index contributed by atoms with van der Waals surface area (Å²) in [5.41, 5.74) is 7.25. The van der Waals surface area contributed by atoms with E-state index >= 15 is 0 Å². The monoisotopic (exact) mass is 311 g/mol. The highest BCUT2D eigenvalue weighted by Crippen LogP contribution is 2.27. The van der Waals surface area contributed by atoms with Crippen LogP contribution in [-0.2, 0) is 10.0 Å². The van der Waals surface area contributed by atoms with Crippen LogP contribution >= 0.6 is 0 Å². The first-order valence-electron chi connectivity index (χ1n) is 7.42. The van der Waals surface area contributed by atoms with E-state index < -0.39 is 10.0 Å². The van der Waals surface area contributed by atoms with Crippen LogP contribution in [0.15, 0.2) is 23.1 Å². The standard InChI is InChI=1S/C15H25N3O2S/c1-4-13-11-17(3)8-5-9-18(13)21(19,20)15-7-6-12(2)10-14(15)16/h6-7,10,13H,4-5,8-9,11,16H2,1-3H3. The molecule has 1 heterocycles. The third kappa shape index (κ3) is 3.39. The van der Waals surface area contributed by atoms with Crippen LogP contribution in [0.4, 0.5) is 5.69 Å². The van der Waals surface area contributed by atoms with Gasteiger partial charge in [0.05, 0.1) is 5.69 Å². The van der Waals surface area contributed by atoms with Gasteiger partial charge >= 0.3 is 0 Å². The number of nitrogens with two attached hydrogens (primary N) is 1. The highest BCUT2D eigenvalue weighted by molar-refractivity contribution is 7.89. The van der Waals surface area contributed by atoms with Gasteiger partial charge in [-0.25, -0.2) is 8.42 Å². The number of benzene rings is 1. The van der Waals surface area contributed by atoms with E-state index in [1.165, 1.54) is 0 Å². The smallest absolute Gasteiger partial charge is 0.245 e. The average Bonchev–Trinajstić information content (AvgIpc) is 2.59. The average molecular weight is 311 g/mol. The summed E-state index contributed by atoms with van der Waals surface area (Å²) < 4.78 is 27.6. The van der Waals surface area contributed by atoms with Crippen molar-refractivity contribution in [3.8, 4) is 0 Å². The summed E-state index contributed by atoms with van der Waals surface area (Å²) in [7, 11) is -1.50. The molecule has 0 bridgehead atoms. The summed E-state index contributed by atoms with van der Waals surface area (Å²) in [5.74, 6) is 0. The Labute approximate surface area is 127 Å². The quantitative estimate of drug-likeness (QED) is 0.863. The van der Waals surface area contributed by atoms with E-state index in [4.69, 9.17) is 5.73 Å². The fraction of sp³-hybridized carbons (Fsp3) is 0.600. The molecule has 1 unspecified atom stereocenters. The maximum Gasteiger partial charge on any atom is 0.245 e. The molecule has 1 aliphatic rings. The normalized spacial score (nSPS) is 22.1. The number of hydrogen-bond acceptors (Lipinski definition) is 4. The summed E-state index contributed by atoms with van der Waals surface area (Å²) >= 11 is 0. The number of sulfonamides is 1. The zero-order valence-electron chi connectivity index (χ0n) is 13.0. The van der Waals surface area contributed by atoms with Crippen LogP contribution in [0.3, 0.4) is 0 Å². The summed E-state index contributed by atoms with van der Waals surface area (Å²) in [6, 6.07) is 5.15. The summed E-state index contributed by atoms with van der Waals surface area (Å²) in [5, 5.41) is 0. The predicted octanol–water partition coefficient (Wildman–Crippen LogP) is 1.68. The second kappa shape index (κ2) is 6.34. The lowest BCUT2D eigenvalue weighted by molar-refractivity contribution is 0.270. The molecule has 5 nitrogen and oxygen atoms in total. The highest BCUT2D eigenvalue weighted by Gasteiger charge is 2.33. The minimum absolute atomic E-state index is 0.00297. The minimum Gasteiger partial charge on any atom is -0.398 e. The maximum atomic E-state index is 13.0. The third-order valence-electron chi connectivity index (χ3n) is 4.07. The first-order chi connectivity index (χ1) is 9.86. The van der Waals surface area contributed by atoms with E-state index in [0.717, 1.165) is 31.5 Å². The topological polar surface area (TPSA) is 66.6 Å². The zero-order valence-corrected chi connectivity index (χ0v) is 13.9. The van der Waals surface area contributed by atoms with Crippen molar-refractivity contribution in [2.75, 3.05) is 32.4 Å². The molecule has 1 aliphatic heterocycles. The van der Waals surface area contributed by atoms with Crippen LogP contribution in [0, 0.1) is 6.92 Å². The molecule has 1 aromatic carbocycles. The van der Waals surface area contributed by atoms with Gasteiger partial charge < -0.3 is 10.6 Å². The summed E-state index contributed by atoms with van der Waals surface area (Å²) in [6.45, 7) is 6.18. The molecule has 6 heteroatoms. The van der Waals surface area contributed by atoms with Gasteiger partial charge in [-0.15, -0.1) is 0 Å². The van der Waals surface area contributed by atoms with Gasteiger partial charge in [0.25, 0.3) is 0 Å². The van der Waals surface area contributed by atoms with E-state index in [-0.39, 0.29) is 10.9 Å². The third-order valence-corrected chi connectivity index (χ3v) is 6.10. The highest BCUT2D eigenvalue weighted by atomic mass is 32.2. The molecular formula is C15H25N3O2S. The maximum absolute atomic E-state index is 13.0. The molecule has 118 valence electrons. The fourth-order valence-electron chi connectivity index (χ4n) is 2.90. The Kier molecular flexibility index (Phi) is 4.91. The van der Waals surface area contributed by atoms with Crippen LogP contribution in [0.2, 0.25) is 0 Å². The number of hydrogen-bond donors (Lipinski definition) is 1. The van der Waals surface area contributed by atoms with Crippen molar-refractivity contribution >= 4 is 15.7 Å². The van der Waals surface area contributed by atoms with E-state index in [1.54, 1.807) is 22.5 Å². The van der Waals surface area contributed by atoms with Crippen molar-refractivity contribution in [2.45, 2.75) is 37.6 Å². The van der Waals surface area contributed by atoms with Gasteiger partial charge in [0.15, 0.2) is 0 Å². The van der Waals surface area contributed by atoms with Gasteiger partial charge in [0.1, 0.15) is 4.90 Å². The molecule has 1 atom stereocenters. The second-order valence-electron chi connectivity index (χ2n) is 5.83. The molecule has 21 heavy (non-hydrogen) atoms. The van der Waals surface area contributed by atoms with Gasteiger partial charge in [-0.05, 0) is 51.1 Å². The number of aryl methyl sites for hydroxylation is 1. The number of anilines is 1. The number of nitrogens with zero attached hydrogens (tertiary/aromatic N) is 2. The Balaban J connectivity index is 2.41. The van der Waals surface area contributed by atoms with Crippen molar-refractivity contribution in [1.82, 2.24) is 9.21 Å². The van der Waals surface area contributed by atoms with Crippen LogP contribution < -0.4 is 5.73 Å². The lowest BCUT2D eigenvalue weighted by atomic mass is 10.2. The molecular weight excluding hydrogens is 286 g/mol. The van der Waals surface area contributed by atoms with Crippen molar-refractivity contribution in [3.63, 3.8) is 0 Å². The van der Waals surface area contributed by atoms with Crippen LogP contribution in [0.1, 0.15) is 25.3 Å². The van der Waals surface area contributed by atoms with Gasteiger partial charge in [0.2, 0.25) is 10.0 Å². The molecule has 0 spiro atoms. The molecule has 0 aliphatic carbocycles. The molecule has 1 saturated heterocycles. The van der Waals surface area contributed by atoms with Crippen molar-refractivity contribution < 1.29 is 8.42 Å². The van der Waals surface area contributed by atoms with Crippen LogP contribution in [0.25, 0.3) is 0 Å². The Morgan fingerprint density at radius 2 is 2.05 bits per heavy atom. The largest absolute Gasteiger partial charge is 0.398 e. The van der Waals surface area contributed by atoms with Crippen LogP contribution in [-0.4, -0.2) is 50.3 Å². The van der Waals surface area contributed by atoms with Crippen LogP contribution in [0.5, 0.6) is 0 Å². The molecule has 0 radical (unpaired) electrons. The molecule has 1 aromatic rings. The van der Waals surface area contributed by atoms with Gasteiger partial charge in [0, 0.05) is 19.1 Å². The zero-order chi connectivity index (χ0) is 15.6. The molecule has 2 N–H and O–H groups in total. The van der Waals surface area contributed by atoms with E-state index in [1.807, 2.05) is 20.9 Å². The van der Waals surface area contributed by atoms with E-state index in [0.29, 0.717) is 12.2 Å². The molecule has 2 rings (SSSR count). The summed E-state index contributed by atoms with van der Waals surface area (Å²) in [4.78, 5) is 2.43. The van der Waals surface area contributed by atoms with Gasteiger partial charge in [-0.1, -0.05) is 13.0 Å². The Morgan fingerprint density at radius 3 is 2.67 bits per heavy atom. The molecule has 0 amide bonds. The first-order valence-corrected chi connectivity index (χ1v) is 8.86. The molecule has 1 fully saturated rings. The van der Waals surface area contributed by atoms with Gasteiger partial charge in [-0.3, -0.25) is 0 Å². The molecule has 0 saturated carbocycles.